The molecule has 0 radical (unpaired) electrons. The van der Waals surface area contributed by atoms with Gasteiger partial charge < -0.3 is 14.6 Å². The average Bonchev–Trinajstić information content (AvgIpc) is 2.48. The second-order valence-electron chi connectivity index (χ2n) is 4.43. The summed E-state index contributed by atoms with van der Waals surface area (Å²) >= 11 is 6.00. The number of aliphatic hydroxyl groups is 1. The van der Waals surface area contributed by atoms with Gasteiger partial charge in [-0.2, -0.15) is 0 Å². The predicted octanol–water partition coefficient (Wildman–Crippen LogP) is 3.58. The lowest BCUT2D eigenvalue weighted by Gasteiger charge is -2.16. The van der Waals surface area contributed by atoms with Crippen molar-refractivity contribution in [2.75, 3.05) is 14.2 Å². The van der Waals surface area contributed by atoms with E-state index < -0.39 is 6.10 Å². The van der Waals surface area contributed by atoms with Crippen LogP contribution in [0.5, 0.6) is 5.75 Å². The van der Waals surface area contributed by atoms with E-state index in [9.17, 15) is 5.11 Å². The van der Waals surface area contributed by atoms with Gasteiger partial charge in [-0.05, 0) is 28.8 Å². The molecule has 2 aromatic carbocycles. The Morgan fingerprint density at radius 3 is 2.60 bits per heavy atom. The van der Waals surface area contributed by atoms with Crippen LogP contribution in [-0.4, -0.2) is 19.3 Å². The molecule has 0 saturated heterocycles. The quantitative estimate of drug-likeness (QED) is 0.915. The van der Waals surface area contributed by atoms with E-state index in [1.165, 1.54) is 0 Å². The third kappa shape index (κ3) is 3.12. The summed E-state index contributed by atoms with van der Waals surface area (Å²) in [5.41, 5.74) is 2.50. The molecule has 106 valence electrons. The second kappa shape index (κ2) is 6.75. The zero-order valence-corrected chi connectivity index (χ0v) is 12.2. The molecule has 3 nitrogen and oxygen atoms in total. The number of benzene rings is 2. The molecule has 2 rings (SSSR count). The molecule has 2 aromatic rings. The number of aliphatic hydroxyl groups excluding tert-OH is 1. The van der Waals surface area contributed by atoms with Crippen molar-refractivity contribution in [1.29, 1.82) is 0 Å². The Kier molecular flexibility index (Phi) is 5.01. The predicted molar refractivity (Wildman–Crippen MR) is 79.2 cm³/mol. The van der Waals surface area contributed by atoms with Crippen LogP contribution < -0.4 is 4.74 Å². The van der Waals surface area contributed by atoms with Crippen LogP contribution in [0, 0.1) is 0 Å². The molecule has 0 aliphatic carbocycles. The molecular formula is C16H17ClO3. The molecule has 0 aromatic heterocycles. The minimum atomic E-state index is -0.743. The van der Waals surface area contributed by atoms with E-state index >= 15 is 0 Å². The first-order chi connectivity index (χ1) is 9.67. The molecule has 0 aliphatic heterocycles. The molecule has 0 amide bonds. The minimum absolute atomic E-state index is 0.456. The van der Waals surface area contributed by atoms with Crippen molar-refractivity contribution in [3.05, 3.63) is 64.2 Å². The molecule has 0 spiro atoms. The Morgan fingerprint density at radius 1 is 1.15 bits per heavy atom. The lowest BCUT2D eigenvalue weighted by atomic mass is 9.97. The summed E-state index contributed by atoms with van der Waals surface area (Å²) in [6.45, 7) is 0.456. The lowest BCUT2D eigenvalue weighted by molar-refractivity contribution is 0.176. The van der Waals surface area contributed by atoms with Crippen LogP contribution in [0.3, 0.4) is 0 Å². The van der Waals surface area contributed by atoms with Crippen LogP contribution in [0.1, 0.15) is 22.8 Å². The van der Waals surface area contributed by atoms with Gasteiger partial charge in [0, 0.05) is 7.11 Å². The fourth-order valence-corrected chi connectivity index (χ4v) is 2.31. The summed E-state index contributed by atoms with van der Waals surface area (Å²) < 4.78 is 10.3. The highest BCUT2D eigenvalue weighted by molar-refractivity contribution is 6.32. The molecular weight excluding hydrogens is 276 g/mol. The van der Waals surface area contributed by atoms with Crippen LogP contribution in [0.15, 0.2) is 42.5 Å². The normalized spacial score (nSPS) is 12.2. The first-order valence-corrected chi connectivity index (χ1v) is 6.63. The first kappa shape index (κ1) is 14.9. The summed E-state index contributed by atoms with van der Waals surface area (Å²) in [4.78, 5) is 0. The molecule has 4 heteroatoms. The zero-order chi connectivity index (χ0) is 14.5. The number of rotatable bonds is 5. The van der Waals surface area contributed by atoms with Gasteiger partial charge in [-0.25, -0.2) is 0 Å². The Morgan fingerprint density at radius 2 is 1.90 bits per heavy atom. The van der Waals surface area contributed by atoms with Crippen molar-refractivity contribution in [1.82, 2.24) is 0 Å². The van der Waals surface area contributed by atoms with Gasteiger partial charge in [0.2, 0.25) is 0 Å². The molecule has 20 heavy (non-hydrogen) atoms. The van der Waals surface area contributed by atoms with E-state index in [-0.39, 0.29) is 0 Å². The SMILES string of the molecule is COCc1ccccc1C(O)c1ccc(Cl)c(OC)c1. The zero-order valence-electron chi connectivity index (χ0n) is 11.5. The van der Waals surface area contributed by atoms with E-state index in [0.717, 1.165) is 16.7 Å². The van der Waals surface area contributed by atoms with Gasteiger partial charge in [0.1, 0.15) is 11.9 Å². The van der Waals surface area contributed by atoms with Gasteiger partial charge in [0.25, 0.3) is 0 Å². The van der Waals surface area contributed by atoms with Crippen molar-refractivity contribution >= 4 is 11.6 Å². The van der Waals surface area contributed by atoms with E-state index in [0.29, 0.717) is 17.4 Å². The maximum atomic E-state index is 10.6. The summed E-state index contributed by atoms with van der Waals surface area (Å²) in [5.74, 6) is 0.549. The molecule has 0 saturated carbocycles. The van der Waals surface area contributed by atoms with Gasteiger partial charge in [0.15, 0.2) is 0 Å². The number of methoxy groups -OCH3 is 2. The van der Waals surface area contributed by atoms with Crippen molar-refractivity contribution in [3.63, 3.8) is 0 Å². The Labute approximate surface area is 123 Å². The molecule has 0 fully saturated rings. The highest BCUT2D eigenvalue weighted by atomic mass is 35.5. The maximum absolute atomic E-state index is 10.6. The largest absolute Gasteiger partial charge is 0.495 e. The third-order valence-electron chi connectivity index (χ3n) is 3.14. The molecule has 0 bridgehead atoms. The van der Waals surface area contributed by atoms with Crippen LogP contribution in [-0.2, 0) is 11.3 Å². The lowest BCUT2D eigenvalue weighted by Crippen LogP contribution is -2.05. The summed E-state index contributed by atoms with van der Waals surface area (Å²) in [5, 5.41) is 11.1. The number of hydrogen-bond acceptors (Lipinski definition) is 3. The highest BCUT2D eigenvalue weighted by Crippen LogP contribution is 2.31. The third-order valence-corrected chi connectivity index (χ3v) is 3.45. The van der Waals surface area contributed by atoms with Gasteiger partial charge in [-0.3, -0.25) is 0 Å². The van der Waals surface area contributed by atoms with Crippen LogP contribution in [0.2, 0.25) is 5.02 Å². The molecule has 0 heterocycles. The standard InChI is InChI=1S/C16H17ClO3/c1-19-10-12-5-3-4-6-13(12)16(18)11-7-8-14(17)15(9-11)20-2/h3-9,16,18H,10H2,1-2H3. The van der Waals surface area contributed by atoms with Gasteiger partial charge in [-0.1, -0.05) is 41.9 Å². The van der Waals surface area contributed by atoms with Gasteiger partial charge >= 0.3 is 0 Å². The van der Waals surface area contributed by atoms with Crippen molar-refractivity contribution in [2.45, 2.75) is 12.7 Å². The smallest absolute Gasteiger partial charge is 0.137 e. The van der Waals surface area contributed by atoms with Crippen molar-refractivity contribution in [3.8, 4) is 5.75 Å². The second-order valence-corrected chi connectivity index (χ2v) is 4.84. The average molecular weight is 293 g/mol. The summed E-state index contributed by atoms with van der Waals surface area (Å²) in [6.07, 6.45) is -0.743. The fraction of sp³-hybridized carbons (Fsp3) is 0.250. The number of ether oxygens (including phenoxy) is 2. The number of halogens is 1. The van der Waals surface area contributed by atoms with Gasteiger partial charge in [-0.15, -0.1) is 0 Å². The minimum Gasteiger partial charge on any atom is -0.495 e. The van der Waals surface area contributed by atoms with E-state index in [4.69, 9.17) is 21.1 Å². The van der Waals surface area contributed by atoms with Crippen LogP contribution in [0.4, 0.5) is 0 Å². The topological polar surface area (TPSA) is 38.7 Å². The maximum Gasteiger partial charge on any atom is 0.137 e. The van der Waals surface area contributed by atoms with Crippen LogP contribution in [0.25, 0.3) is 0 Å². The summed E-state index contributed by atoms with van der Waals surface area (Å²) in [6, 6.07) is 12.9. The fourth-order valence-electron chi connectivity index (χ4n) is 2.11. The number of hydrogen-bond donors (Lipinski definition) is 1. The Balaban J connectivity index is 2.38. The monoisotopic (exact) mass is 292 g/mol. The van der Waals surface area contributed by atoms with Gasteiger partial charge in [0.05, 0.1) is 18.7 Å². The van der Waals surface area contributed by atoms with E-state index in [1.54, 1.807) is 32.4 Å². The highest BCUT2D eigenvalue weighted by Gasteiger charge is 2.15. The van der Waals surface area contributed by atoms with Crippen molar-refractivity contribution in [2.24, 2.45) is 0 Å². The molecule has 1 N–H and O–H groups in total. The first-order valence-electron chi connectivity index (χ1n) is 6.25. The Hall–Kier alpha value is -1.55. The molecule has 1 unspecified atom stereocenters. The van der Waals surface area contributed by atoms with Crippen molar-refractivity contribution < 1.29 is 14.6 Å². The molecule has 1 atom stereocenters. The van der Waals surface area contributed by atoms with Crippen LogP contribution >= 0.6 is 11.6 Å². The molecule has 0 aliphatic rings. The Bertz CT molecular complexity index is 584. The van der Waals surface area contributed by atoms with E-state index in [2.05, 4.69) is 0 Å². The van der Waals surface area contributed by atoms with E-state index in [1.807, 2.05) is 24.3 Å². The summed E-state index contributed by atoms with van der Waals surface area (Å²) in [7, 11) is 3.19.